The number of nitrogens with zero attached hydrogens (tertiary/aromatic N) is 3. The lowest BCUT2D eigenvalue weighted by Crippen LogP contribution is -2.42. The Labute approximate surface area is 157 Å². The second-order valence-electron chi connectivity index (χ2n) is 6.99. The third kappa shape index (κ3) is 4.48. The van der Waals surface area contributed by atoms with Gasteiger partial charge in [-0.25, -0.2) is 4.79 Å². The van der Waals surface area contributed by atoms with Gasteiger partial charge < -0.3 is 9.88 Å². The summed E-state index contributed by atoms with van der Waals surface area (Å²) in [5.41, 5.74) is 2.41. The number of likely N-dealkylation sites (tertiary alicyclic amines) is 1. The van der Waals surface area contributed by atoms with E-state index in [9.17, 15) is 14.4 Å². The molecule has 1 saturated heterocycles. The first-order valence-corrected chi connectivity index (χ1v) is 9.25. The summed E-state index contributed by atoms with van der Waals surface area (Å²) in [5.74, 6) is -0.168. The zero-order valence-electron chi connectivity index (χ0n) is 15.7. The Morgan fingerprint density at radius 1 is 1.30 bits per heavy atom. The normalized spacial score (nSPS) is 17.0. The molecule has 142 valence electrons. The maximum absolute atomic E-state index is 12.7. The molecule has 0 unspecified atom stereocenters. The Morgan fingerprint density at radius 2 is 2.11 bits per heavy atom. The predicted octanol–water partition coefficient (Wildman–Crippen LogP) is 1.84. The number of pyridine rings is 1. The Bertz CT molecular complexity index is 866. The van der Waals surface area contributed by atoms with Crippen molar-refractivity contribution in [1.82, 2.24) is 19.9 Å². The number of Topliss-reactive ketones (excluding diaryl/α,β-unsaturated/α-hetero) is 1. The van der Waals surface area contributed by atoms with E-state index in [0.717, 1.165) is 24.1 Å². The van der Waals surface area contributed by atoms with Gasteiger partial charge in [-0.15, -0.1) is 0 Å². The molecule has 0 bridgehead atoms. The molecule has 1 aliphatic rings. The number of carbonyl (C=O) groups is 2. The highest BCUT2D eigenvalue weighted by Crippen LogP contribution is 2.21. The quantitative estimate of drug-likeness (QED) is 0.813. The van der Waals surface area contributed by atoms with Crippen molar-refractivity contribution in [2.24, 2.45) is 5.92 Å². The van der Waals surface area contributed by atoms with E-state index in [0.29, 0.717) is 37.3 Å². The van der Waals surface area contributed by atoms with Crippen molar-refractivity contribution in [2.45, 2.75) is 39.5 Å². The molecule has 0 saturated carbocycles. The third-order valence-corrected chi connectivity index (χ3v) is 5.10. The number of hydrogen-bond donors (Lipinski definition) is 1. The standard InChI is InChI=1S/C20H24N4O3/c1-13-16(14(2)23-20(27)22-13)8-9-18(25)24-11-5-6-15(12-24)19(26)17-7-3-4-10-21-17/h3-4,7,10,15H,5-6,8-9,11-12H2,1-2H3,(H,22,23,27)/t15-/m1/s1. The van der Waals surface area contributed by atoms with Gasteiger partial charge in [-0.1, -0.05) is 6.07 Å². The van der Waals surface area contributed by atoms with Crippen LogP contribution in [0.3, 0.4) is 0 Å². The molecule has 3 rings (SSSR count). The number of nitrogens with one attached hydrogen (secondary N) is 1. The molecule has 0 aromatic carbocycles. The maximum Gasteiger partial charge on any atom is 0.345 e. The van der Waals surface area contributed by atoms with Gasteiger partial charge in [-0.05, 0) is 50.8 Å². The van der Waals surface area contributed by atoms with Gasteiger partial charge in [0.2, 0.25) is 5.91 Å². The first kappa shape index (κ1) is 18.9. The third-order valence-electron chi connectivity index (χ3n) is 5.10. The molecule has 7 heteroatoms. The van der Waals surface area contributed by atoms with Crippen LogP contribution in [-0.4, -0.2) is 44.6 Å². The smallest absolute Gasteiger partial charge is 0.342 e. The summed E-state index contributed by atoms with van der Waals surface area (Å²) in [6, 6.07) is 5.30. The molecule has 1 fully saturated rings. The highest BCUT2D eigenvalue weighted by Gasteiger charge is 2.29. The van der Waals surface area contributed by atoms with Gasteiger partial charge >= 0.3 is 5.69 Å². The number of aromatic amines is 1. The lowest BCUT2D eigenvalue weighted by Gasteiger charge is -2.32. The van der Waals surface area contributed by atoms with Crippen LogP contribution in [0.5, 0.6) is 0 Å². The molecule has 2 aromatic rings. The van der Waals surface area contributed by atoms with Crippen LogP contribution in [0.2, 0.25) is 0 Å². The van der Waals surface area contributed by atoms with E-state index in [1.165, 1.54) is 0 Å². The van der Waals surface area contributed by atoms with E-state index in [2.05, 4.69) is 15.0 Å². The minimum Gasteiger partial charge on any atom is -0.342 e. The van der Waals surface area contributed by atoms with Gasteiger partial charge in [0.25, 0.3) is 0 Å². The van der Waals surface area contributed by atoms with Crippen molar-refractivity contribution < 1.29 is 9.59 Å². The van der Waals surface area contributed by atoms with E-state index in [1.54, 1.807) is 36.2 Å². The second-order valence-corrected chi connectivity index (χ2v) is 6.99. The van der Waals surface area contributed by atoms with E-state index in [-0.39, 0.29) is 23.3 Å². The molecule has 1 N–H and O–H groups in total. The highest BCUT2D eigenvalue weighted by molar-refractivity contribution is 5.96. The van der Waals surface area contributed by atoms with E-state index in [1.807, 2.05) is 6.92 Å². The van der Waals surface area contributed by atoms with Crippen molar-refractivity contribution >= 4 is 11.7 Å². The molecule has 0 radical (unpaired) electrons. The molecular formula is C20H24N4O3. The Morgan fingerprint density at radius 3 is 2.81 bits per heavy atom. The molecule has 0 aliphatic carbocycles. The number of piperidine rings is 1. The minimum atomic E-state index is -0.369. The average Bonchev–Trinajstić information content (AvgIpc) is 2.67. The number of rotatable bonds is 5. The minimum absolute atomic E-state index is 0.00428. The number of H-pyrrole nitrogens is 1. The average molecular weight is 368 g/mol. The molecule has 1 aliphatic heterocycles. The Hall–Kier alpha value is -2.83. The van der Waals surface area contributed by atoms with Crippen LogP contribution >= 0.6 is 0 Å². The molecule has 3 heterocycles. The Kier molecular flexibility index (Phi) is 5.78. The lowest BCUT2D eigenvalue weighted by atomic mass is 9.91. The van der Waals surface area contributed by atoms with Crippen molar-refractivity contribution in [1.29, 1.82) is 0 Å². The molecule has 1 atom stereocenters. The van der Waals surface area contributed by atoms with Gasteiger partial charge in [0, 0.05) is 43.0 Å². The predicted molar refractivity (Wildman–Crippen MR) is 101 cm³/mol. The fourth-order valence-corrected chi connectivity index (χ4v) is 3.65. The fourth-order valence-electron chi connectivity index (χ4n) is 3.65. The van der Waals surface area contributed by atoms with Crippen molar-refractivity contribution in [3.63, 3.8) is 0 Å². The van der Waals surface area contributed by atoms with Gasteiger partial charge in [0.05, 0.1) is 0 Å². The van der Waals surface area contributed by atoms with Gasteiger partial charge in [0.1, 0.15) is 5.69 Å². The molecule has 27 heavy (non-hydrogen) atoms. The van der Waals surface area contributed by atoms with Crippen molar-refractivity contribution in [3.05, 3.63) is 57.5 Å². The SMILES string of the molecule is Cc1nc(=O)[nH]c(C)c1CCC(=O)N1CCC[C@@H](C(=O)c2ccccn2)C1. The van der Waals surface area contributed by atoms with E-state index in [4.69, 9.17) is 0 Å². The van der Waals surface area contributed by atoms with Crippen molar-refractivity contribution in [2.75, 3.05) is 13.1 Å². The van der Waals surface area contributed by atoms with Crippen LogP contribution in [0.4, 0.5) is 0 Å². The summed E-state index contributed by atoms with van der Waals surface area (Å²) in [4.78, 5) is 49.2. The van der Waals surface area contributed by atoms with Gasteiger partial charge in [0.15, 0.2) is 5.78 Å². The summed E-state index contributed by atoms with van der Waals surface area (Å²) in [7, 11) is 0. The second kappa shape index (κ2) is 8.24. The molecular weight excluding hydrogens is 344 g/mol. The van der Waals surface area contributed by atoms with Crippen molar-refractivity contribution in [3.8, 4) is 0 Å². The van der Waals surface area contributed by atoms with Crippen LogP contribution < -0.4 is 5.69 Å². The van der Waals surface area contributed by atoms with Gasteiger partial charge in [-0.2, -0.15) is 4.98 Å². The largest absolute Gasteiger partial charge is 0.345 e. The highest BCUT2D eigenvalue weighted by atomic mass is 16.2. The van der Waals surface area contributed by atoms with Crippen LogP contribution in [0, 0.1) is 19.8 Å². The summed E-state index contributed by atoms with van der Waals surface area (Å²) in [6.45, 7) is 4.71. The summed E-state index contributed by atoms with van der Waals surface area (Å²) >= 11 is 0. The monoisotopic (exact) mass is 368 g/mol. The first-order chi connectivity index (χ1) is 13.0. The lowest BCUT2D eigenvalue weighted by molar-refractivity contribution is -0.132. The Balaban J connectivity index is 1.62. The summed E-state index contributed by atoms with van der Waals surface area (Å²) in [5, 5.41) is 0. The zero-order valence-corrected chi connectivity index (χ0v) is 15.7. The van der Waals surface area contributed by atoms with E-state index < -0.39 is 0 Å². The number of carbonyl (C=O) groups excluding carboxylic acids is 2. The summed E-state index contributed by atoms with van der Waals surface area (Å²) < 4.78 is 0. The molecule has 7 nitrogen and oxygen atoms in total. The number of aryl methyl sites for hydroxylation is 2. The van der Waals surface area contributed by atoms with Gasteiger partial charge in [-0.3, -0.25) is 14.6 Å². The van der Waals surface area contributed by atoms with Crippen LogP contribution in [0.15, 0.2) is 29.2 Å². The maximum atomic E-state index is 12.7. The number of amides is 1. The zero-order chi connectivity index (χ0) is 19.4. The molecule has 0 spiro atoms. The summed E-state index contributed by atoms with van der Waals surface area (Å²) in [6.07, 6.45) is 4.06. The first-order valence-electron chi connectivity index (χ1n) is 9.25. The number of aromatic nitrogens is 3. The number of ketones is 1. The fraction of sp³-hybridized carbons (Fsp3) is 0.450. The van der Waals surface area contributed by atoms with Crippen LogP contribution in [-0.2, 0) is 11.2 Å². The van der Waals surface area contributed by atoms with Crippen LogP contribution in [0.25, 0.3) is 0 Å². The topological polar surface area (TPSA) is 96.0 Å². The van der Waals surface area contributed by atoms with Crippen LogP contribution in [0.1, 0.15) is 46.7 Å². The molecule has 1 amide bonds. The van der Waals surface area contributed by atoms with E-state index >= 15 is 0 Å². The number of hydrogen-bond acceptors (Lipinski definition) is 5. The molecule has 2 aromatic heterocycles.